The van der Waals surface area contributed by atoms with Crippen LogP contribution in [0.5, 0.6) is 34.5 Å². The van der Waals surface area contributed by atoms with Gasteiger partial charge in [0.15, 0.2) is 17.8 Å². The molecule has 2 aliphatic carbocycles. The topological polar surface area (TPSA) is 155 Å². The van der Waals surface area contributed by atoms with Gasteiger partial charge in [0.1, 0.15) is 36.1 Å². The van der Waals surface area contributed by atoms with Crippen molar-refractivity contribution >= 4 is 17.9 Å². The summed E-state index contributed by atoms with van der Waals surface area (Å²) < 4.78 is 38.1. The molecular weight excluding hydrogens is 877 g/mol. The van der Waals surface area contributed by atoms with Gasteiger partial charge >= 0.3 is 0 Å². The number of hydrogen-bond donors (Lipinski definition) is 2. The molecule has 3 aromatic rings. The van der Waals surface area contributed by atoms with Crippen LogP contribution in [-0.4, -0.2) is 85.7 Å². The third-order valence-corrected chi connectivity index (χ3v) is 14.4. The fourth-order valence-electron chi connectivity index (χ4n) is 11.2. The summed E-state index contributed by atoms with van der Waals surface area (Å²) in [6.45, 7) is 7.04. The van der Waals surface area contributed by atoms with Gasteiger partial charge in [0, 0.05) is 44.1 Å². The van der Waals surface area contributed by atoms with E-state index in [2.05, 4.69) is 19.6 Å². The molecule has 374 valence electrons. The molecule has 2 heterocycles. The minimum absolute atomic E-state index is 0.00699. The molecule has 4 aliphatic rings. The van der Waals surface area contributed by atoms with Crippen molar-refractivity contribution in [1.82, 2.24) is 4.90 Å². The molecule has 7 rings (SSSR count). The molecular formula is C56H74N2O11. The summed E-state index contributed by atoms with van der Waals surface area (Å²) in [4.78, 5) is 34.9. The van der Waals surface area contributed by atoms with Crippen molar-refractivity contribution in [3.8, 4) is 34.5 Å². The van der Waals surface area contributed by atoms with Crippen molar-refractivity contribution in [2.45, 2.75) is 140 Å². The first-order chi connectivity index (χ1) is 33.8. The summed E-state index contributed by atoms with van der Waals surface area (Å²) in [6, 6.07) is 16.1. The molecule has 1 saturated carbocycles. The van der Waals surface area contributed by atoms with Gasteiger partial charge in [0.2, 0.25) is 18.5 Å². The first-order valence-electron chi connectivity index (χ1n) is 25.4. The Morgan fingerprint density at radius 2 is 1.57 bits per heavy atom. The Morgan fingerprint density at radius 3 is 2.29 bits per heavy atom. The number of amides is 1. The number of oxime groups is 1. The highest BCUT2D eigenvalue weighted by Gasteiger charge is 2.65. The molecule has 0 spiro atoms. The maximum atomic E-state index is 15.2. The van der Waals surface area contributed by atoms with Gasteiger partial charge in [-0.1, -0.05) is 94.5 Å². The highest BCUT2D eigenvalue weighted by Crippen LogP contribution is 2.62. The maximum absolute atomic E-state index is 15.2. The van der Waals surface area contributed by atoms with Crippen molar-refractivity contribution in [2.75, 3.05) is 40.8 Å². The number of ether oxygens (including phenoxy) is 6. The summed E-state index contributed by atoms with van der Waals surface area (Å²) in [5.74, 6) is 1.33. The zero-order valence-electron chi connectivity index (χ0n) is 41.0. The molecule has 0 saturated heterocycles. The predicted molar refractivity (Wildman–Crippen MR) is 265 cm³/mol. The Bertz CT molecular complexity index is 2240. The smallest absolute Gasteiger partial charge is 0.239 e. The van der Waals surface area contributed by atoms with Crippen molar-refractivity contribution in [2.24, 2.45) is 22.9 Å². The van der Waals surface area contributed by atoms with Gasteiger partial charge in [0.05, 0.1) is 30.9 Å². The minimum Gasteiger partial charge on any atom is -0.496 e. The number of aldehydes is 1. The van der Waals surface area contributed by atoms with Crippen LogP contribution in [0.1, 0.15) is 143 Å². The molecule has 2 N–H and O–H groups in total. The second-order valence-corrected chi connectivity index (χ2v) is 18.9. The lowest BCUT2D eigenvalue weighted by atomic mass is 9.55. The molecule has 3 aromatic carbocycles. The predicted octanol–water partition coefficient (Wildman–Crippen LogP) is 11.2. The molecule has 0 radical (unpaired) electrons. The van der Waals surface area contributed by atoms with Gasteiger partial charge in [-0.2, -0.15) is 0 Å². The van der Waals surface area contributed by atoms with Crippen LogP contribution < -0.4 is 23.7 Å². The quantitative estimate of drug-likeness (QED) is 0.0296. The van der Waals surface area contributed by atoms with Gasteiger partial charge in [-0.25, -0.2) is 0 Å². The van der Waals surface area contributed by atoms with E-state index in [1.807, 2.05) is 41.3 Å². The minimum atomic E-state index is -1.42. The fourth-order valence-corrected chi connectivity index (χ4v) is 11.2. The molecule has 1 fully saturated rings. The number of fused-ring (bicyclic) bond motifs is 3. The highest BCUT2D eigenvalue weighted by atomic mass is 16.7. The van der Waals surface area contributed by atoms with E-state index in [0.717, 1.165) is 80.1 Å². The number of unbranched alkanes of at least 4 members (excludes halogenated alkanes) is 10. The number of hydrogen-bond acceptors (Lipinski definition) is 12. The van der Waals surface area contributed by atoms with Crippen molar-refractivity contribution in [1.29, 1.82) is 0 Å². The van der Waals surface area contributed by atoms with E-state index in [-0.39, 0.29) is 56.8 Å². The monoisotopic (exact) mass is 951 g/mol. The lowest BCUT2D eigenvalue weighted by molar-refractivity contribution is -0.258. The summed E-state index contributed by atoms with van der Waals surface area (Å²) in [5, 5.41) is 24.8. The maximum Gasteiger partial charge on any atom is 0.239 e. The van der Waals surface area contributed by atoms with Crippen LogP contribution in [0.15, 0.2) is 84.1 Å². The molecule has 2 aliphatic heterocycles. The van der Waals surface area contributed by atoms with Crippen LogP contribution in [0.3, 0.4) is 0 Å². The molecule has 0 aromatic heterocycles. The van der Waals surface area contributed by atoms with Crippen LogP contribution in [0, 0.1) is 17.8 Å². The van der Waals surface area contributed by atoms with E-state index >= 15 is 4.79 Å². The Hall–Kier alpha value is -5.37. The zero-order chi connectivity index (χ0) is 48.6. The van der Waals surface area contributed by atoms with E-state index in [0.29, 0.717) is 65.7 Å². The highest BCUT2D eigenvalue weighted by molar-refractivity contribution is 6.03. The average Bonchev–Trinajstić information content (AvgIpc) is 3.84. The lowest BCUT2D eigenvalue weighted by Gasteiger charge is -2.60. The van der Waals surface area contributed by atoms with Crippen LogP contribution >= 0.6 is 0 Å². The Labute approximate surface area is 408 Å². The second kappa shape index (κ2) is 25.5. The van der Waals surface area contributed by atoms with Crippen molar-refractivity contribution in [3.05, 3.63) is 95.6 Å². The SMILES string of the molecule is C=CCO[C@@]12Oc3ccc(Oc4ccc(OC)c(C=O)c4)cc3[C@H]3[C@H](CCCCO)[C@@H](CCCCO)C=C(C(=NOC)C[C@@H]1N(Cc1ccc4c(c1)OCO4)C(=O)CCCCCCCCCCC)[C@H]32. The molecule has 6 atom stereocenters. The molecule has 13 nitrogen and oxygen atoms in total. The van der Waals surface area contributed by atoms with Gasteiger partial charge in [-0.05, 0) is 104 Å². The average molecular weight is 951 g/mol. The third-order valence-electron chi connectivity index (χ3n) is 14.4. The van der Waals surface area contributed by atoms with Crippen LogP contribution in [-0.2, 0) is 20.9 Å². The molecule has 13 heteroatoms. The summed E-state index contributed by atoms with van der Waals surface area (Å²) in [7, 11) is 3.08. The van der Waals surface area contributed by atoms with Gasteiger partial charge in [-0.3, -0.25) is 9.59 Å². The number of carbonyl (C=O) groups is 2. The van der Waals surface area contributed by atoms with E-state index < -0.39 is 17.7 Å². The second-order valence-electron chi connectivity index (χ2n) is 18.9. The standard InChI is InChI=1S/C56H74N2O11/c1-5-7-8-9-10-11-12-13-14-21-53(62)58(36-39-22-25-50-51(31-39)66-38-65-50)52-35-47(57-64-4)45-33-40(19-15-17-28-59)44(20-16-18-29-60)54-46-34-43(68-42-23-26-48(63-3)41(32-42)37-61)24-27-49(46)69-56(52,55(45)54)67-30-6-2/h6,22-27,31-34,37,40,44,52,54-55,59-60H,2,5,7-21,28-30,35-36,38H2,1,3-4H3/t40-,44+,52-,54+,55+,56+/m0/s1. The summed E-state index contributed by atoms with van der Waals surface area (Å²) in [6.07, 6.45) is 20.2. The van der Waals surface area contributed by atoms with E-state index in [4.69, 9.17) is 38.4 Å². The molecule has 69 heavy (non-hydrogen) atoms. The number of benzene rings is 3. The number of carbonyl (C=O) groups excluding carboxylic acids is 2. The van der Waals surface area contributed by atoms with Crippen molar-refractivity contribution in [3.63, 3.8) is 0 Å². The Balaban J connectivity index is 1.35. The van der Waals surface area contributed by atoms with Crippen LogP contribution in [0.4, 0.5) is 0 Å². The number of methoxy groups -OCH3 is 1. The first kappa shape index (κ1) is 51.5. The largest absolute Gasteiger partial charge is 0.496 e. The van der Waals surface area contributed by atoms with Crippen LogP contribution in [0.25, 0.3) is 0 Å². The van der Waals surface area contributed by atoms with Crippen LogP contribution in [0.2, 0.25) is 0 Å². The number of allylic oxidation sites excluding steroid dienone is 1. The van der Waals surface area contributed by atoms with Gasteiger partial charge < -0.3 is 48.4 Å². The Kier molecular flexibility index (Phi) is 19.0. The van der Waals surface area contributed by atoms with E-state index in [9.17, 15) is 15.0 Å². The Morgan fingerprint density at radius 1 is 0.855 bits per heavy atom. The summed E-state index contributed by atoms with van der Waals surface area (Å²) in [5.41, 5.74) is 3.85. The number of aliphatic hydroxyl groups is 2. The molecule has 0 unspecified atom stereocenters. The fraction of sp³-hybridized carbons (Fsp3) is 0.554. The van der Waals surface area contributed by atoms with Gasteiger partial charge in [0.25, 0.3) is 0 Å². The van der Waals surface area contributed by atoms with Gasteiger partial charge in [-0.15, -0.1) is 6.58 Å². The number of rotatable bonds is 29. The first-order valence-corrected chi connectivity index (χ1v) is 25.4. The lowest BCUT2D eigenvalue weighted by Crippen LogP contribution is -2.70. The van der Waals surface area contributed by atoms with Crippen molar-refractivity contribution < 1.29 is 53.1 Å². The molecule has 1 amide bonds. The normalized spacial score (nSPS) is 22.5. The van der Waals surface area contributed by atoms with E-state index in [1.165, 1.54) is 39.2 Å². The zero-order valence-corrected chi connectivity index (χ0v) is 41.0. The van der Waals surface area contributed by atoms with E-state index in [1.54, 1.807) is 31.4 Å². The third kappa shape index (κ3) is 12.2. The molecule has 0 bridgehead atoms. The number of nitrogens with zero attached hydrogens (tertiary/aromatic N) is 2. The summed E-state index contributed by atoms with van der Waals surface area (Å²) >= 11 is 0. The number of aliphatic hydroxyl groups excluding tert-OH is 2.